The molecule has 4 aromatic rings. The number of hydrogen-bond donors (Lipinski definition) is 1. The van der Waals surface area contributed by atoms with Crippen molar-refractivity contribution in [2.75, 3.05) is 0 Å². The molecule has 2 aromatic heterocycles. The summed E-state index contributed by atoms with van der Waals surface area (Å²) in [6.07, 6.45) is -1.25. The lowest BCUT2D eigenvalue weighted by Gasteiger charge is -2.14. The third-order valence-corrected chi connectivity index (χ3v) is 4.98. The zero-order chi connectivity index (χ0) is 22.0. The van der Waals surface area contributed by atoms with Gasteiger partial charge in [-0.05, 0) is 42.8 Å². The van der Waals surface area contributed by atoms with E-state index in [1.165, 1.54) is 18.3 Å². The molecule has 31 heavy (non-hydrogen) atoms. The van der Waals surface area contributed by atoms with Crippen molar-refractivity contribution in [2.24, 2.45) is 0 Å². The van der Waals surface area contributed by atoms with E-state index in [-0.39, 0.29) is 11.9 Å². The van der Waals surface area contributed by atoms with E-state index in [4.69, 9.17) is 0 Å². The quantitative estimate of drug-likeness (QED) is 0.453. The molecule has 2 aromatic carbocycles. The molecule has 0 bridgehead atoms. The summed E-state index contributed by atoms with van der Waals surface area (Å²) >= 11 is 0. The van der Waals surface area contributed by atoms with Crippen LogP contribution >= 0.6 is 0 Å². The maximum atomic E-state index is 12.8. The summed E-state index contributed by atoms with van der Waals surface area (Å²) in [4.78, 5) is 21.3. The summed E-state index contributed by atoms with van der Waals surface area (Å²) in [6.45, 7) is 1.84. The van der Waals surface area contributed by atoms with Gasteiger partial charge in [0.15, 0.2) is 0 Å². The Kier molecular flexibility index (Phi) is 5.42. The van der Waals surface area contributed by atoms with Crippen molar-refractivity contribution in [3.05, 3.63) is 95.9 Å². The van der Waals surface area contributed by atoms with Crippen LogP contribution in [-0.2, 0) is 6.18 Å². The third-order valence-electron chi connectivity index (χ3n) is 4.98. The van der Waals surface area contributed by atoms with Crippen LogP contribution in [0.4, 0.5) is 13.2 Å². The fraction of sp³-hybridized carbons (Fsp3) is 0.125. The Morgan fingerprint density at radius 2 is 1.74 bits per heavy atom. The minimum absolute atomic E-state index is 0.275. The summed E-state index contributed by atoms with van der Waals surface area (Å²) in [6, 6.07) is 17.3. The SMILES string of the molecule is C[C@@H](NC(=O)c1cnc2c(-c3ccc(C(F)(F)F)cc3)cccc2c1)c1ccccn1. The van der Waals surface area contributed by atoms with Crippen LogP contribution in [0.25, 0.3) is 22.0 Å². The molecule has 0 radical (unpaired) electrons. The van der Waals surface area contributed by atoms with Crippen LogP contribution in [0, 0.1) is 0 Å². The Morgan fingerprint density at radius 1 is 0.968 bits per heavy atom. The number of benzene rings is 2. The number of carbonyl (C=O) groups excluding carboxylic acids is 1. The first-order valence-corrected chi connectivity index (χ1v) is 9.61. The molecule has 1 atom stereocenters. The number of halogens is 3. The number of fused-ring (bicyclic) bond motifs is 1. The predicted octanol–water partition coefficient (Wildman–Crippen LogP) is 5.81. The third kappa shape index (κ3) is 4.40. The summed E-state index contributed by atoms with van der Waals surface area (Å²) in [5.41, 5.74) is 2.35. The summed E-state index contributed by atoms with van der Waals surface area (Å²) < 4.78 is 38.5. The molecule has 0 aliphatic heterocycles. The van der Waals surface area contributed by atoms with Crippen molar-refractivity contribution in [2.45, 2.75) is 19.1 Å². The van der Waals surface area contributed by atoms with Crippen molar-refractivity contribution in [3.63, 3.8) is 0 Å². The number of alkyl halides is 3. The normalized spacial score (nSPS) is 12.5. The summed E-state index contributed by atoms with van der Waals surface area (Å²) in [5, 5.41) is 3.61. The molecule has 0 aliphatic rings. The van der Waals surface area contributed by atoms with Crippen LogP contribution < -0.4 is 5.32 Å². The second-order valence-electron chi connectivity index (χ2n) is 7.13. The summed E-state index contributed by atoms with van der Waals surface area (Å²) in [5.74, 6) is -0.285. The maximum Gasteiger partial charge on any atom is 0.416 e. The monoisotopic (exact) mass is 421 g/mol. The highest BCUT2D eigenvalue weighted by Gasteiger charge is 2.30. The molecule has 0 spiro atoms. The standard InChI is InChI=1S/C24H18F3N3O/c1-15(21-7-2-3-12-28-21)30-23(31)18-13-17-5-4-6-20(22(17)29-14-18)16-8-10-19(11-9-16)24(25,26)27/h2-15H,1H3,(H,30,31)/t15-/m1/s1. The molecule has 1 N–H and O–H groups in total. The van der Waals surface area contributed by atoms with Crippen LogP contribution in [0.3, 0.4) is 0 Å². The molecule has 0 saturated heterocycles. The number of rotatable bonds is 4. The molecule has 0 aliphatic carbocycles. The largest absolute Gasteiger partial charge is 0.416 e. The highest BCUT2D eigenvalue weighted by molar-refractivity contribution is 6.00. The fourth-order valence-corrected chi connectivity index (χ4v) is 3.34. The van der Waals surface area contributed by atoms with E-state index in [0.29, 0.717) is 22.2 Å². The van der Waals surface area contributed by atoms with Crippen molar-refractivity contribution >= 4 is 16.8 Å². The lowest BCUT2D eigenvalue weighted by Crippen LogP contribution is -2.27. The van der Waals surface area contributed by atoms with E-state index >= 15 is 0 Å². The number of amides is 1. The lowest BCUT2D eigenvalue weighted by molar-refractivity contribution is -0.137. The van der Waals surface area contributed by atoms with Crippen molar-refractivity contribution in [3.8, 4) is 11.1 Å². The molecule has 0 fully saturated rings. The van der Waals surface area contributed by atoms with Gasteiger partial charge in [0.25, 0.3) is 5.91 Å². The second-order valence-corrected chi connectivity index (χ2v) is 7.13. The molecule has 1 amide bonds. The van der Waals surface area contributed by atoms with Crippen LogP contribution in [0.15, 0.2) is 79.1 Å². The first-order chi connectivity index (χ1) is 14.8. The van der Waals surface area contributed by atoms with Crippen LogP contribution in [0.5, 0.6) is 0 Å². The Morgan fingerprint density at radius 3 is 2.42 bits per heavy atom. The molecule has 2 heterocycles. The maximum absolute atomic E-state index is 12.8. The molecule has 4 nitrogen and oxygen atoms in total. The molecule has 4 rings (SSSR count). The molecule has 156 valence electrons. The van der Waals surface area contributed by atoms with Gasteiger partial charge < -0.3 is 5.32 Å². The van der Waals surface area contributed by atoms with Gasteiger partial charge in [-0.25, -0.2) is 0 Å². The average Bonchev–Trinajstić information content (AvgIpc) is 2.78. The van der Waals surface area contributed by atoms with Gasteiger partial charge in [0.2, 0.25) is 0 Å². The van der Waals surface area contributed by atoms with E-state index < -0.39 is 11.7 Å². The zero-order valence-electron chi connectivity index (χ0n) is 16.5. The molecule has 0 saturated carbocycles. The van der Waals surface area contributed by atoms with Gasteiger partial charge in [-0.3, -0.25) is 14.8 Å². The number of aromatic nitrogens is 2. The number of carbonyl (C=O) groups is 1. The minimum atomic E-state index is -4.38. The lowest BCUT2D eigenvalue weighted by atomic mass is 10.00. The number of pyridine rings is 2. The smallest absolute Gasteiger partial charge is 0.344 e. The van der Waals surface area contributed by atoms with Gasteiger partial charge >= 0.3 is 6.18 Å². The van der Waals surface area contributed by atoms with Gasteiger partial charge in [-0.1, -0.05) is 36.4 Å². The molecular formula is C24H18F3N3O. The minimum Gasteiger partial charge on any atom is -0.344 e. The van der Waals surface area contributed by atoms with E-state index in [2.05, 4.69) is 15.3 Å². The average molecular weight is 421 g/mol. The Bertz CT molecular complexity index is 1220. The number of para-hydroxylation sites is 1. The van der Waals surface area contributed by atoms with Gasteiger partial charge in [0.1, 0.15) is 0 Å². The second kappa shape index (κ2) is 8.18. The topological polar surface area (TPSA) is 54.9 Å². The van der Waals surface area contributed by atoms with Crippen molar-refractivity contribution in [1.29, 1.82) is 0 Å². The Balaban J connectivity index is 1.61. The van der Waals surface area contributed by atoms with Crippen LogP contribution in [0.2, 0.25) is 0 Å². The number of nitrogens with zero attached hydrogens (tertiary/aromatic N) is 2. The van der Waals surface area contributed by atoms with Crippen LogP contribution in [0.1, 0.15) is 34.6 Å². The highest BCUT2D eigenvalue weighted by atomic mass is 19.4. The van der Waals surface area contributed by atoms with Crippen molar-refractivity contribution < 1.29 is 18.0 Å². The fourth-order valence-electron chi connectivity index (χ4n) is 3.34. The number of hydrogen-bond acceptors (Lipinski definition) is 3. The first-order valence-electron chi connectivity index (χ1n) is 9.61. The van der Waals surface area contributed by atoms with Gasteiger partial charge in [0.05, 0.1) is 28.4 Å². The van der Waals surface area contributed by atoms with Gasteiger partial charge in [-0.2, -0.15) is 13.2 Å². The summed E-state index contributed by atoms with van der Waals surface area (Å²) in [7, 11) is 0. The van der Waals surface area contributed by atoms with E-state index in [1.807, 2.05) is 25.1 Å². The van der Waals surface area contributed by atoms with E-state index in [1.54, 1.807) is 30.5 Å². The molecule has 7 heteroatoms. The Hall–Kier alpha value is -3.74. The van der Waals surface area contributed by atoms with Gasteiger partial charge in [0, 0.05) is 23.3 Å². The highest BCUT2D eigenvalue weighted by Crippen LogP contribution is 2.33. The Labute approximate surface area is 176 Å². The van der Waals surface area contributed by atoms with E-state index in [0.717, 1.165) is 23.2 Å². The zero-order valence-corrected chi connectivity index (χ0v) is 16.5. The van der Waals surface area contributed by atoms with Crippen LogP contribution in [-0.4, -0.2) is 15.9 Å². The molecule has 0 unspecified atom stereocenters. The van der Waals surface area contributed by atoms with Crippen molar-refractivity contribution in [1.82, 2.24) is 15.3 Å². The first kappa shape index (κ1) is 20.5. The van der Waals surface area contributed by atoms with Gasteiger partial charge in [-0.15, -0.1) is 0 Å². The molecular weight excluding hydrogens is 403 g/mol. The number of nitrogens with one attached hydrogen (secondary N) is 1. The predicted molar refractivity (Wildman–Crippen MR) is 112 cm³/mol. The van der Waals surface area contributed by atoms with E-state index in [9.17, 15) is 18.0 Å².